The van der Waals surface area contributed by atoms with Crippen LogP contribution in [0.5, 0.6) is 0 Å². The van der Waals surface area contributed by atoms with E-state index in [0.717, 1.165) is 28.7 Å². The Morgan fingerprint density at radius 2 is 1.57 bits per heavy atom. The van der Waals surface area contributed by atoms with Gasteiger partial charge in [0.1, 0.15) is 24.1 Å². The minimum absolute atomic E-state index is 0.0321. The maximum Gasteiger partial charge on any atom is 0.317 e. The molecule has 46 heavy (non-hydrogen) atoms. The number of alkyl halides is 1. The molecule has 0 spiro atoms. The van der Waals surface area contributed by atoms with Crippen LogP contribution in [0.25, 0.3) is 11.3 Å². The first-order valence-electron chi connectivity index (χ1n) is 15.0. The minimum Gasteiger partial charge on any atom is -0.341 e. The fourth-order valence-corrected chi connectivity index (χ4v) is 5.97. The summed E-state index contributed by atoms with van der Waals surface area (Å²) in [6.45, 7) is 5.00. The van der Waals surface area contributed by atoms with Crippen LogP contribution in [0, 0.1) is 17.0 Å². The van der Waals surface area contributed by atoms with Crippen molar-refractivity contribution in [3.05, 3.63) is 113 Å². The zero-order valence-electron chi connectivity index (χ0n) is 26.1. The number of hydrogen-bond acceptors (Lipinski definition) is 4. The zero-order valence-corrected chi connectivity index (χ0v) is 26.1. The predicted molar refractivity (Wildman–Crippen MR) is 168 cm³/mol. The van der Waals surface area contributed by atoms with E-state index >= 15 is 0 Å². The molecule has 2 atom stereocenters. The molecular weight excluding hydrogens is 595 g/mol. The summed E-state index contributed by atoms with van der Waals surface area (Å²) in [5.74, 6) is -2.04. The molecule has 2 heterocycles. The Morgan fingerprint density at radius 3 is 2.15 bits per heavy atom. The van der Waals surface area contributed by atoms with Gasteiger partial charge in [-0.1, -0.05) is 63.2 Å². The zero-order chi connectivity index (χ0) is 33.2. The summed E-state index contributed by atoms with van der Waals surface area (Å²) in [4.78, 5) is 47.1. The van der Waals surface area contributed by atoms with E-state index in [0.29, 0.717) is 12.4 Å². The summed E-state index contributed by atoms with van der Waals surface area (Å²) < 4.78 is 45.6. The van der Waals surface area contributed by atoms with Crippen LogP contribution in [0.15, 0.2) is 79.0 Å². The number of imide groups is 1. The van der Waals surface area contributed by atoms with Gasteiger partial charge < -0.3 is 14.8 Å². The highest BCUT2D eigenvalue weighted by Gasteiger charge is 2.42. The van der Waals surface area contributed by atoms with Crippen molar-refractivity contribution in [3.63, 3.8) is 0 Å². The topological polar surface area (TPSA) is 87.5 Å². The van der Waals surface area contributed by atoms with E-state index in [-0.39, 0.29) is 35.3 Å². The first-order valence-corrected chi connectivity index (χ1v) is 15.0. The lowest BCUT2D eigenvalue weighted by Crippen LogP contribution is -2.49. The van der Waals surface area contributed by atoms with Gasteiger partial charge in [-0.15, -0.1) is 0 Å². The number of benzene rings is 3. The summed E-state index contributed by atoms with van der Waals surface area (Å²) >= 11 is 0. The first-order chi connectivity index (χ1) is 21.9. The lowest BCUT2D eigenvalue weighted by Gasteiger charge is -2.40. The Bertz CT molecular complexity index is 1720. The molecule has 0 saturated heterocycles. The van der Waals surface area contributed by atoms with Crippen LogP contribution < -0.4 is 5.32 Å². The van der Waals surface area contributed by atoms with E-state index in [2.05, 4.69) is 5.32 Å². The molecule has 0 fully saturated rings. The van der Waals surface area contributed by atoms with Gasteiger partial charge in [-0.3, -0.25) is 14.5 Å². The third-order valence-corrected chi connectivity index (χ3v) is 8.13. The van der Waals surface area contributed by atoms with Crippen LogP contribution in [-0.2, 0) is 6.54 Å². The van der Waals surface area contributed by atoms with E-state index < -0.39 is 53.7 Å². The van der Waals surface area contributed by atoms with Gasteiger partial charge in [-0.25, -0.2) is 22.9 Å². The van der Waals surface area contributed by atoms with Crippen molar-refractivity contribution in [1.29, 1.82) is 0 Å². The number of carbonyl (C=O) groups is 3. The van der Waals surface area contributed by atoms with E-state index in [1.54, 1.807) is 22.9 Å². The van der Waals surface area contributed by atoms with Gasteiger partial charge in [-0.2, -0.15) is 0 Å². The maximum absolute atomic E-state index is 15.0. The third-order valence-electron chi connectivity index (χ3n) is 8.13. The highest BCUT2D eigenvalue weighted by molar-refractivity contribution is 6.21. The van der Waals surface area contributed by atoms with E-state index in [1.807, 2.05) is 51.1 Å². The standard InChI is InChI=1S/C35H36F3N5O3/c1-35(2,3)30(31-40-29(27-18-23(37)14-15-28(27)38)21-41(31)20-22-10-6-5-7-11-22)42(34(46)39-4)17-16-24(19-36)43-32(44)25-12-8-9-13-26(25)33(43)45/h5-15,18,21,24,30H,16-17,19-20H2,1-4H3,(H,39,46)/t24?,30-/m0/s1. The van der Waals surface area contributed by atoms with Crippen molar-refractivity contribution < 1.29 is 27.6 Å². The monoisotopic (exact) mass is 631 g/mol. The van der Waals surface area contributed by atoms with E-state index in [4.69, 9.17) is 4.98 Å². The quantitative estimate of drug-likeness (QED) is 0.199. The number of fused-ring (bicyclic) bond motifs is 1. The molecule has 240 valence electrons. The minimum atomic E-state index is -1.12. The highest BCUT2D eigenvalue weighted by Crippen LogP contribution is 2.40. The summed E-state index contributed by atoms with van der Waals surface area (Å²) in [5.41, 5.74) is 0.806. The molecule has 5 rings (SSSR count). The van der Waals surface area contributed by atoms with Crippen molar-refractivity contribution in [2.75, 3.05) is 20.3 Å². The summed E-state index contributed by atoms with van der Waals surface area (Å²) in [5, 5.41) is 2.65. The molecule has 1 aromatic heterocycles. The molecule has 1 aliphatic rings. The second kappa shape index (κ2) is 13.2. The molecule has 4 aromatic rings. The Labute approximate surface area is 265 Å². The number of halogens is 3. The summed E-state index contributed by atoms with van der Waals surface area (Å²) in [6, 6.07) is 16.6. The molecular formula is C35H36F3N5O3. The number of urea groups is 1. The van der Waals surface area contributed by atoms with Crippen molar-refractivity contribution in [2.45, 2.75) is 45.8 Å². The molecule has 0 bridgehead atoms. The SMILES string of the molecule is CNC(=O)N(CCC(CF)N1C(=O)c2ccccc2C1=O)[C@@H](c1nc(-c2cc(F)ccc2F)cn1Cc1ccccc1)C(C)(C)C. The average Bonchev–Trinajstić information content (AvgIpc) is 3.55. The number of nitrogens with zero attached hydrogens (tertiary/aromatic N) is 4. The van der Waals surface area contributed by atoms with Gasteiger partial charge in [0, 0.05) is 31.9 Å². The fourth-order valence-electron chi connectivity index (χ4n) is 5.97. The Hall–Kier alpha value is -4.93. The largest absolute Gasteiger partial charge is 0.341 e. The van der Waals surface area contributed by atoms with Gasteiger partial charge in [0.2, 0.25) is 0 Å². The van der Waals surface area contributed by atoms with Gasteiger partial charge in [0.05, 0.1) is 28.9 Å². The van der Waals surface area contributed by atoms with Crippen LogP contribution in [0.4, 0.5) is 18.0 Å². The lowest BCUT2D eigenvalue weighted by molar-refractivity contribution is 0.0519. The van der Waals surface area contributed by atoms with Crippen LogP contribution in [0.1, 0.15) is 65.3 Å². The summed E-state index contributed by atoms with van der Waals surface area (Å²) in [7, 11) is 1.47. The van der Waals surface area contributed by atoms with Gasteiger partial charge in [-0.05, 0) is 47.7 Å². The van der Waals surface area contributed by atoms with Gasteiger partial charge in [0.25, 0.3) is 11.8 Å². The average molecular weight is 632 g/mol. The van der Waals surface area contributed by atoms with E-state index in [9.17, 15) is 27.6 Å². The molecule has 4 amide bonds. The number of imidazole rings is 1. The van der Waals surface area contributed by atoms with Crippen LogP contribution in [-0.4, -0.2) is 63.5 Å². The third kappa shape index (κ3) is 6.40. The maximum atomic E-state index is 15.0. The fraction of sp³-hybridized carbons (Fsp3) is 0.314. The lowest BCUT2D eigenvalue weighted by atomic mass is 9.84. The molecule has 1 N–H and O–H groups in total. The number of hydrogen-bond donors (Lipinski definition) is 1. The second-order valence-corrected chi connectivity index (χ2v) is 12.4. The van der Waals surface area contributed by atoms with Crippen LogP contribution in [0.3, 0.4) is 0 Å². The van der Waals surface area contributed by atoms with Crippen LogP contribution in [0.2, 0.25) is 0 Å². The molecule has 3 aromatic carbocycles. The number of nitrogens with one attached hydrogen (secondary N) is 1. The predicted octanol–water partition coefficient (Wildman–Crippen LogP) is 6.63. The number of carbonyl (C=O) groups excluding carboxylic acids is 3. The molecule has 1 unspecified atom stereocenters. The number of rotatable bonds is 10. The molecule has 8 nitrogen and oxygen atoms in total. The number of aromatic nitrogens is 2. The Morgan fingerprint density at radius 1 is 0.935 bits per heavy atom. The normalized spacial score (nSPS) is 14.3. The summed E-state index contributed by atoms with van der Waals surface area (Å²) in [6.07, 6.45) is 1.58. The van der Waals surface area contributed by atoms with Gasteiger partial charge in [0.15, 0.2) is 0 Å². The van der Waals surface area contributed by atoms with Crippen molar-refractivity contribution in [1.82, 2.24) is 24.7 Å². The van der Waals surface area contributed by atoms with Gasteiger partial charge >= 0.3 is 6.03 Å². The van der Waals surface area contributed by atoms with Crippen molar-refractivity contribution in [2.24, 2.45) is 5.41 Å². The highest BCUT2D eigenvalue weighted by atomic mass is 19.1. The van der Waals surface area contributed by atoms with Crippen molar-refractivity contribution >= 4 is 17.8 Å². The second-order valence-electron chi connectivity index (χ2n) is 12.4. The molecule has 0 saturated carbocycles. The molecule has 0 radical (unpaired) electrons. The Kier molecular flexibility index (Phi) is 9.32. The van der Waals surface area contributed by atoms with Crippen LogP contribution >= 0.6 is 0 Å². The Balaban J connectivity index is 1.55. The van der Waals surface area contributed by atoms with E-state index in [1.165, 1.54) is 24.1 Å². The smallest absolute Gasteiger partial charge is 0.317 e. The molecule has 0 aliphatic carbocycles. The molecule has 1 aliphatic heterocycles. The molecule has 11 heteroatoms. The number of amides is 4. The van der Waals surface area contributed by atoms with Crippen molar-refractivity contribution in [3.8, 4) is 11.3 Å². The first kappa shape index (κ1) is 32.5.